The van der Waals surface area contributed by atoms with E-state index in [1.54, 1.807) is 0 Å². The van der Waals surface area contributed by atoms with E-state index in [4.69, 9.17) is 0 Å². The van der Waals surface area contributed by atoms with Crippen molar-refractivity contribution in [2.45, 2.75) is 27.7 Å². The summed E-state index contributed by atoms with van der Waals surface area (Å²) in [6, 6.07) is 2.04. The highest BCUT2D eigenvalue weighted by atomic mass is 79.9. The molecule has 76 valence electrons. The Hall–Kier alpha value is -0.830. The van der Waals surface area contributed by atoms with Crippen LogP contribution in [-0.2, 0) is 0 Å². The lowest BCUT2D eigenvalue weighted by Crippen LogP contribution is -1.83. The summed E-state index contributed by atoms with van der Waals surface area (Å²) in [7, 11) is 0. The summed E-state index contributed by atoms with van der Waals surface area (Å²) >= 11 is 3.38. The Kier molecular flexibility index (Phi) is 3.69. The largest absolute Gasteiger partial charge is 0.359 e. The van der Waals surface area contributed by atoms with Crippen LogP contribution in [0.25, 0.3) is 10.9 Å². The number of halogens is 1. The molecule has 0 amide bonds. The van der Waals surface area contributed by atoms with E-state index in [9.17, 15) is 0 Å². The van der Waals surface area contributed by atoms with Gasteiger partial charge in [-0.25, -0.2) is 4.98 Å². The van der Waals surface area contributed by atoms with Crippen LogP contribution >= 0.6 is 15.9 Å². The van der Waals surface area contributed by atoms with E-state index >= 15 is 0 Å². The van der Waals surface area contributed by atoms with E-state index in [0.717, 1.165) is 15.8 Å². The second-order valence-corrected chi connectivity index (χ2v) is 3.74. The number of fused-ring (bicyclic) bond motifs is 1. The molecule has 0 saturated carbocycles. The lowest BCUT2D eigenvalue weighted by Gasteiger charge is -1.97. The third-order valence-electron chi connectivity index (χ3n) is 2.03. The van der Waals surface area contributed by atoms with Gasteiger partial charge in [-0.1, -0.05) is 13.8 Å². The molecule has 0 aliphatic carbocycles. The predicted octanol–water partition coefficient (Wildman–Crippen LogP) is 3.97. The number of nitrogens with zero attached hydrogens (tertiary/aromatic N) is 1. The number of rotatable bonds is 0. The van der Waals surface area contributed by atoms with Gasteiger partial charge in [0.25, 0.3) is 0 Å². The van der Waals surface area contributed by atoms with Crippen molar-refractivity contribution in [1.29, 1.82) is 0 Å². The SMILES string of the molecule is CC.Cc1c[nH]c2c(C)nc(Br)cc12. The highest BCUT2D eigenvalue weighted by Gasteiger charge is 2.03. The van der Waals surface area contributed by atoms with Crippen LogP contribution in [0, 0.1) is 13.8 Å². The number of aryl methyl sites for hydroxylation is 2. The van der Waals surface area contributed by atoms with Crippen LogP contribution in [0.5, 0.6) is 0 Å². The Morgan fingerprint density at radius 2 is 1.93 bits per heavy atom. The van der Waals surface area contributed by atoms with Crippen LogP contribution in [0.1, 0.15) is 25.1 Å². The van der Waals surface area contributed by atoms with Gasteiger partial charge >= 0.3 is 0 Å². The zero-order valence-electron chi connectivity index (χ0n) is 8.98. The maximum absolute atomic E-state index is 4.30. The molecular weight excluding hydrogens is 240 g/mol. The molecule has 2 rings (SSSR count). The minimum atomic E-state index is 0.898. The lowest BCUT2D eigenvalue weighted by atomic mass is 10.2. The number of pyridine rings is 1. The van der Waals surface area contributed by atoms with Crippen molar-refractivity contribution in [3.8, 4) is 0 Å². The second kappa shape index (κ2) is 4.60. The molecular formula is C11H15BrN2. The number of H-pyrrole nitrogens is 1. The van der Waals surface area contributed by atoms with Gasteiger partial charge in [0.2, 0.25) is 0 Å². The first-order valence-electron chi connectivity index (χ1n) is 4.79. The minimum absolute atomic E-state index is 0.898. The standard InChI is InChI=1S/C9H9BrN2.C2H6/c1-5-4-11-9-6(2)12-8(10)3-7(5)9;1-2/h3-4,11H,1-2H3;1-2H3. The maximum atomic E-state index is 4.30. The Labute approximate surface area is 92.9 Å². The normalized spacial score (nSPS) is 9.79. The third kappa shape index (κ3) is 1.98. The zero-order valence-corrected chi connectivity index (χ0v) is 10.6. The van der Waals surface area contributed by atoms with Crippen LogP contribution in [0.15, 0.2) is 16.9 Å². The maximum Gasteiger partial charge on any atom is 0.107 e. The molecule has 2 aromatic rings. The molecule has 0 aromatic carbocycles. The van der Waals surface area contributed by atoms with Gasteiger partial charge in [-0.2, -0.15) is 0 Å². The molecule has 2 heterocycles. The van der Waals surface area contributed by atoms with Crippen molar-refractivity contribution < 1.29 is 0 Å². The monoisotopic (exact) mass is 254 g/mol. The lowest BCUT2D eigenvalue weighted by molar-refractivity contribution is 1.19. The van der Waals surface area contributed by atoms with Crippen molar-refractivity contribution in [3.05, 3.63) is 28.1 Å². The summed E-state index contributed by atoms with van der Waals surface area (Å²) < 4.78 is 0.898. The van der Waals surface area contributed by atoms with Crippen LogP contribution < -0.4 is 0 Å². The van der Waals surface area contributed by atoms with Gasteiger partial charge in [-0.3, -0.25) is 0 Å². The van der Waals surface area contributed by atoms with Gasteiger partial charge in [0, 0.05) is 11.6 Å². The zero-order chi connectivity index (χ0) is 10.7. The average Bonchev–Trinajstić information content (AvgIpc) is 2.52. The Balaban J connectivity index is 0.000000461. The summed E-state index contributed by atoms with van der Waals surface area (Å²) in [6.07, 6.45) is 2.01. The Morgan fingerprint density at radius 1 is 1.29 bits per heavy atom. The van der Waals surface area contributed by atoms with Gasteiger partial charge < -0.3 is 4.98 Å². The molecule has 0 unspecified atom stereocenters. The van der Waals surface area contributed by atoms with E-state index in [-0.39, 0.29) is 0 Å². The highest BCUT2D eigenvalue weighted by molar-refractivity contribution is 9.10. The van der Waals surface area contributed by atoms with Gasteiger partial charge in [0.05, 0.1) is 11.2 Å². The van der Waals surface area contributed by atoms with Crippen molar-refractivity contribution in [3.63, 3.8) is 0 Å². The number of nitrogens with one attached hydrogen (secondary N) is 1. The molecule has 0 atom stereocenters. The third-order valence-corrected chi connectivity index (χ3v) is 2.43. The molecule has 3 heteroatoms. The highest BCUT2D eigenvalue weighted by Crippen LogP contribution is 2.22. The minimum Gasteiger partial charge on any atom is -0.359 e. The number of aromatic nitrogens is 2. The van der Waals surface area contributed by atoms with Crippen LogP contribution in [-0.4, -0.2) is 9.97 Å². The first kappa shape index (κ1) is 11.2. The summed E-state index contributed by atoms with van der Waals surface area (Å²) in [5.41, 5.74) is 3.43. The van der Waals surface area contributed by atoms with E-state index in [2.05, 4.69) is 32.8 Å². The molecule has 0 aliphatic rings. The van der Waals surface area contributed by atoms with Gasteiger partial charge in [0.15, 0.2) is 0 Å². The van der Waals surface area contributed by atoms with E-state index < -0.39 is 0 Å². The first-order valence-corrected chi connectivity index (χ1v) is 5.58. The fourth-order valence-corrected chi connectivity index (χ4v) is 1.88. The van der Waals surface area contributed by atoms with Gasteiger partial charge in [0.1, 0.15) is 4.60 Å². The van der Waals surface area contributed by atoms with Gasteiger partial charge in [-0.15, -0.1) is 0 Å². The van der Waals surface area contributed by atoms with Gasteiger partial charge in [-0.05, 0) is 41.4 Å². The molecule has 0 saturated heterocycles. The topological polar surface area (TPSA) is 28.7 Å². The molecule has 0 aliphatic heterocycles. The quantitative estimate of drug-likeness (QED) is 0.709. The fourth-order valence-electron chi connectivity index (χ4n) is 1.39. The van der Waals surface area contributed by atoms with Crippen molar-refractivity contribution in [2.75, 3.05) is 0 Å². The van der Waals surface area contributed by atoms with Crippen LogP contribution in [0.4, 0.5) is 0 Å². The summed E-state index contributed by atoms with van der Waals surface area (Å²) in [5.74, 6) is 0. The number of hydrogen-bond acceptors (Lipinski definition) is 1. The molecule has 0 spiro atoms. The van der Waals surface area contributed by atoms with Crippen molar-refractivity contribution in [1.82, 2.24) is 9.97 Å². The van der Waals surface area contributed by atoms with E-state index in [0.29, 0.717) is 0 Å². The van der Waals surface area contributed by atoms with E-state index in [1.807, 2.05) is 33.0 Å². The first-order chi connectivity index (χ1) is 6.68. The summed E-state index contributed by atoms with van der Waals surface area (Å²) in [5, 5.41) is 1.24. The number of aromatic amines is 1. The van der Waals surface area contributed by atoms with Crippen molar-refractivity contribution in [2.24, 2.45) is 0 Å². The second-order valence-electron chi connectivity index (χ2n) is 2.92. The molecule has 0 fully saturated rings. The van der Waals surface area contributed by atoms with Crippen LogP contribution in [0.3, 0.4) is 0 Å². The molecule has 14 heavy (non-hydrogen) atoms. The van der Waals surface area contributed by atoms with Crippen LogP contribution in [0.2, 0.25) is 0 Å². The predicted molar refractivity (Wildman–Crippen MR) is 64.6 cm³/mol. The van der Waals surface area contributed by atoms with Crippen molar-refractivity contribution >= 4 is 26.8 Å². The molecule has 2 aromatic heterocycles. The average molecular weight is 255 g/mol. The molecule has 0 radical (unpaired) electrons. The summed E-state index contributed by atoms with van der Waals surface area (Å²) in [4.78, 5) is 7.50. The molecule has 0 bridgehead atoms. The Bertz CT molecular complexity index is 432. The fraction of sp³-hybridized carbons (Fsp3) is 0.364. The van der Waals surface area contributed by atoms with E-state index in [1.165, 1.54) is 10.9 Å². The number of hydrogen-bond donors (Lipinski definition) is 1. The Morgan fingerprint density at radius 3 is 2.57 bits per heavy atom. The molecule has 1 N–H and O–H groups in total. The smallest absolute Gasteiger partial charge is 0.107 e. The molecule has 2 nitrogen and oxygen atoms in total. The summed E-state index contributed by atoms with van der Waals surface area (Å²) in [6.45, 7) is 8.09.